The fourth-order valence-electron chi connectivity index (χ4n) is 2.62. The molecule has 1 aromatic rings. The van der Waals surface area contributed by atoms with Crippen LogP contribution in [0.3, 0.4) is 0 Å². The molecule has 1 N–H and O–H groups in total. The van der Waals surface area contributed by atoms with E-state index in [1.54, 1.807) is 0 Å². The highest BCUT2D eigenvalue weighted by Crippen LogP contribution is 2.34. The molecule has 1 aromatic heterocycles. The standard InChI is InChI=1S/C13H16ClNO4/c1-15(11(16)9-5-6-10(14)19-9)13(12(17)18)7-3-2-4-8-13/h5-6H,2-4,7-8H2,1H3,(H,17,18). The molecule has 5 nitrogen and oxygen atoms in total. The van der Waals surface area contributed by atoms with Crippen LogP contribution < -0.4 is 0 Å². The molecule has 0 atom stereocenters. The molecular formula is C13H16ClNO4. The number of carbonyl (C=O) groups excluding carboxylic acids is 1. The van der Waals surface area contributed by atoms with Crippen molar-refractivity contribution in [3.63, 3.8) is 0 Å². The monoisotopic (exact) mass is 285 g/mol. The van der Waals surface area contributed by atoms with E-state index in [-0.39, 0.29) is 11.0 Å². The Morgan fingerprint density at radius 1 is 1.32 bits per heavy atom. The molecule has 0 aromatic carbocycles. The Hall–Kier alpha value is -1.49. The molecule has 0 unspecified atom stereocenters. The van der Waals surface area contributed by atoms with Crippen molar-refractivity contribution in [2.75, 3.05) is 7.05 Å². The zero-order valence-corrected chi connectivity index (χ0v) is 11.4. The van der Waals surface area contributed by atoms with Crippen molar-refractivity contribution in [1.29, 1.82) is 0 Å². The van der Waals surface area contributed by atoms with Crippen LogP contribution in [-0.4, -0.2) is 34.5 Å². The Balaban J connectivity index is 2.27. The molecule has 0 spiro atoms. The van der Waals surface area contributed by atoms with Crippen molar-refractivity contribution >= 4 is 23.5 Å². The van der Waals surface area contributed by atoms with Gasteiger partial charge in [-0.25, -0.2) is 4.79 Å². The van der Waals surface area contributed by atoms with E-state index in [1.807, 2.05) is 0 Å². The maximum absolute atomic E-state index is 12.3. The normalized spacial score (nSPS) is 18.0. The molecule has 0 radical (unpaired) electrons. The SMILES string of the molecule is CN(C(=O)c1ccc(Cl)o1)C1(C(=O)O)CCCCC1. The number of likely N-dealkylation sites (N-methyl/N-ethyl adjacent to an activating group) is 1. The van der Waals surface area contributed by atoms with Gasteiger partial charge in [0.1, 0.15) is 5.54 Å². The number of nitrogens with zero attached hydrogens (tertiary/aromatic N) is 1. The molecule has 1 amide bonds. The third-order valence-corrected chi connectivity index (χ3v) is 4.01. The summed E-state index contributed by atoms with van der Waals surface area (Å²) in [6, 6.07) is 2.93. The minimum Gasteiger partial charge on any atom is -0.479 e. The van der Waals surface area contributed by atoms with E-state index < -0.39 is 17.4 Å². The first kappa shape index (κ1) is 13.9. The zero-order valence-electron chi connectivity index (χ0n) is 10.7. The van der Waals surface area contributed by atoms with E-state index in [4.69, 9.17) is 16.0 Å². The number of carbonyl (C=O) groups is 2. The van der Waals surface area contributed by atoms with Crippen molar-refractivity contribution in [2.45, 2.75) is 37.6 Å². The van der Waals surface area contributed by atoms with Crippen molar-refractivity contribution in [1.82, 2.24) is 4.90 Å². The quantitative estimate of drug-likeness (QED) is 0.927. The lowest BCUT2D eigenvalue weighted by Gasteiger charge is -2.40. The van der Waals surface area contributed by atoms with Gasteiger partial charge in [-0.2, -0.15) is 0 Å². The summed E-state index contributed by atoms with van der Waals surface area (Å²) >= 11 is 5.64. The number of hydrogen-bond donors (Lipinski definition) is 1. The van der Waals surface area contributed by atoms with Gasteiger partial charge in [0.2, 0.25) is 0 Å². The van der Waals surface area contributed by atoms with Crippen molar-refractivity contribution in [3.05, 3.63) is 23.1 Å². The van der Waals surface area contributed by atoms with E-state index in [0.717, 1.165) is 19.3 Å². The number of carboxylic acids is 1. The molecule has 1 saturated carbocycles. The Kier molecular flexibility index (Phi) is 3.85. The highest BCUT2D eigenvalue weighted by molar-refractivity contribution is 6.29. The molecule has 0 saturated heterocycles. The minimum atomic E-state index is -1.13. The van der Waals surface area contributed by atoms with Crippen LogP contribution in [0.5, 0.6) is 0 Å². The lowest BCUT2D eigenvalue weighted by Crippen LogP contribution is -2.56. The van der Waals surface area contributed by atoms with Gasteiger partial charge in [0.15, 0.2) is 11.0 Å². The Labute approximate surface area is 116 Å². The number of halogens is 1. The van der Waals surface area contributed by atoms with Crippen LogP contribution in [-0.2, 0) is 4.79 Å². The van der Waals surface area contributed by atoms with E-state index in [1.165, 1.54) is 24.1 Å². The maximum atomic E-state index is 12.3. The Morgan fingerprint density at radius 2 is 1.95 bits per heavy atom. The molecular weight excluding hydrogens is 270 g/mol. The molecule has 0 bridgehead atoms. The van der Waals surface area contributed by atoms with Gasteiger partial charge >= 0.3 is 5.97 Å². The molecule has 2 rings (SSSR count). The van der Waals surface area contributed by atoms with Gasteiger partial charge in [-0.15, -0.1) is 0 Å². The molecule has 1 fully saturated rings. The second-order valence-electron chi connectivity index (χ2n) is 4.87. The van der Waals surface area contributed by atoms with E-state index in [9.17, 15) is 14.7 Å². The van der Waals surface area contributed by atoms with E-state index >= 15 is 0 Å². The van der Waals surface area contributed by atoms with Crippen LogP contribution in [0.1, 0.15) is 42.7 Å². The van der Waals surface area contributed by atoms with Crippen LogP contribution in [0, 0.1) is 0 Å². The Morgan fingerprint density at radius 3 is 2.42 bits per heavy atom. The van der Waals surface area contributed by atoms with Gasteiger partial charge in [-0.05, 0) is 36.6 Å². The summed E-state index contributed by atoms with van der Waals surface area (Å²) in [5.41, 5.74) is -1.13. The van der Waals surface area contributed by atoms with Crippen LogP contribution in [0.25, 0.3) is 0 Å². The molecule has 6 heteroatoms. The van der Waals surface area contributed by atoms with Gasteiger partial charge in [0.05, 0.1) is 0 Å². The second kappa shape index (κ2) is 5.25. The van der Waals surface area contributed by atoms with Gasteiger partial charge < -0.3 is 14.4 Å². The summed E-state index contributed by atoms with van der Waals surface area (Å²) in [4.78, 5) is 25.2. The fourth-order valence-corrected chi connectivity index (χ4v) is 2.76. The van der Waals surface area contributed by atoms with Crippen LogP contribution >= 0.6 is 11.6 Å². The van der Waals surface area contributed by atoms with Crippen LogP contribution in [0.15, 0.2) is 16.5 Å². The predicted octanol–water partition coefficient (Wildman–Crippen LogP) is 2.79. The minimum absolute atomic E-state index is 0.0682. The van der Waals surface area contributed by atoms with Crippen molar-refractivity contribution in [3.8, 4) is 0 Å². The average molecular weight is 286 g/mol. The predicted molar refractivity (Wildman–Crippen MR) is 69.3 cm³/mol. The summed E-state index contributed by atoms with van der Waals surface area (Å²) in [6.45, 7) is 0. The van der Waals surface area contributed by atoms with Crippen LogP contribution in [0.2, 0.25) is 5.22 Å². The highest BCUT2D eigenvalue weighted by Gasteiger charge is 2.46. The zero-order chi connectivity index (χ0) is 14.0. The number of rotatable bonds is 3. The third kappa shape index (κ3) is 2.47. The Bertz CT molecular complexity index is 491. The second-order valence-corrected chi connectivity index (χ2v) is 5.24. The van der Waals surface area contributed by atoms with E-state index in [2.05, 4.69) is 0 Å². The summed E-state index contributed by atoms with van der Waals surface area (Å²) in [6.07, 6.45) is 3.56. The lowest BCUT2D eigenvalue weighted by atomic mass is 9.80. The number of hydrogen-bond acceptors (Lipinski definition) is 3. The first-order valence-corrected chi connectivity index (χ1v) is 6.62. The summed E-state index contributed by atoms with van der Waals surface area (Å²) in [7, 11) is 1.51. The molecule has 1 heterocycles. The third-order valence-electron chi connectivity index (χ3n) is 3.81. The number of furan rings is 1. The summed E-state index contributed by atoms with van der Waals surface area (Å²) in [5, 5.41) is 9.63. The molecule has 0 aliphatic heterocycles. The van der Waals surface area contributed by atoms with E-state index in [0.29, 0.717) is 12.8 Å². The maximum Gasteiger partial charge on any atom is 0.329 e. The molecule has 19 heavy (non-hydrogen) atoms. The van der Waals surface area contributed by atoms with Crippen LogP contribution in [0.4, 0.5) is 0 Å². The highest BCUT2D eigenvalue weighted by atomic mass is 35.5. The molecule has 1 aliphatic carbocycles. The smallest absolute Gasteiger partial charge is 0.329 e. The number of amides is 1. The number of carboxylic acid groups (broad SMARTS) is 1. The van der Waals surface area contributed by atoms with Crippen molar-refractivity contribution < 1.29 is 19.1 Å². The topological polar surface area (TPSA) is 70.8 Å². The van der Waals surface area contributed by atoms with Crippen molar-refractivity contribution in [2.24, 2.45) is 0 Å². The average Bonchev–Trinajstić information content (AvgIpc) is 2.84. The molecule has 104 valence electrons. The van der Waals surface area contributed by atoms with Gasteiger partial charge in [-0.3, -0.25) is 4.79 Å². The fraction of sp³-hybridized carbons (Fsp3) is 0.538. The summed E-state index contributed by atoms with van der Waals surface area (Å²) in [5.74, 6) is -1.34. The number of aliphatic carboxylic acids is 1. The first-order valence-electron chi connectivity index (χ1n) is 6.24. The first-order chi connectivity index (χ1) is 8.97. The largest absolute Gasteiger partial charge is 0.479 e. The molecule has 1 aliphatic rings. The summed E-state index contributed by atoms with van der Waals surface area (Å²) < 4.78 is 5.06. The van der Waals surface area contributed by atoms with Gasteiger partial charge in [-0.1, -0.05) is 19.3 Å². The lowest BCUT2D eigenvalue weighted by molar-refractivity contribution is -0.151. The van der Waals surface area contributed by atoms with Gasteiger partial charge in [0.25, 0.3) is 5.91 Å². The van der Waals surface area contributed by atoms with Gasteiger partial charge in [0, 0.05) is 7.05 Å².